The number of ether oxygens (including phenoxy) is 1. The van der Waals surface area contributed by atoms with Crippen LogP contribution >= 0.6 is 11.6 Å². The maximum absolute atomic E-state index is 6.41. The van der Waals surface area contributed by atoms with Crippen LogP contribution in [0.25, 0.3) is 11.0 Å². The molecule has 0 saturated carbocycles. The Balaban J connectivity index is 1.76. The highest BCUT2D eigenvalue weighted by Gasteiger charge is 2.24. The molecule has 3 aromatic rings. The lowest BCUT2D eigenvalue weighted by atomic mass is 10.2. The minimum atomic E-state index is 0.235. The third-order valence-corrected chi connectivity index (χ3v) is 5.31. The SMILES string of the molecule is CC(c1nc2ccccc2n1Cc1ccccc1Cl)N1CCOCC1. The van der Waals surface area contributed by atoms with Crippen molar-refractivity contribution in [2.75, 3.05) is 26.3 Å². The molecule has 130 valence electrons. The molecule has 4 rings (SSSR count). The molecule has 2 heterocycles. The second kappa shape index (κ2) is 7.16. The number of halogens is 1. The third kappa shape index (κ3) is 3.30. The molecule has 1 unspecified atom stereocenters. The number of imidazole rings is 1. The van der Waals surface area contributed by atoms with E-state index in [2.05, 4.69) is 40.7 Å². The molecule has 1 aromatic heterocycles. The Morgan fingerprint density at radius 1 is 1.08 bits per heavy atom. The van der Waals surface area contributed by atoms with Crippen molar-refractivity contribution in [1.82, 2.24) is 14.5 Å². The van der Waals surface area contributed by atoms with Gasteiger partial charge in [-0.2, -0.15) is 0 Å². The molecule has 4 nitrogen and oxygen atoms in total. The number of benzene rings is 2. The quantitative estimate of drug-likeness (QED) is 0.705. The van der Waals surface area contributed by atoms with Gasteiger partial charge in [0, 0.05) is 18.1 Å². The fourth-order valence-corrected chi connectivity index (χ4v) is 3.70. The molecule has 0 bridgehead atoms. The van der Waals surface area contributed by atoms with Crippen LogP contribution in [-0.4, -0.2) is 40.8 Å². The molecule has 1 saturated heterocycles. The summed E-state index contributed by atoms with van der Waals surface area (Å²) in [5.41, 5.74) is 3.30. The van der Waals surface area contributed by atoms with Crippen LogP contribution in [0, 0.1) is 0 Å². The first-order chi connectivity index (χ1) is 12.2. The Hall–Kier alpha value is -1.88. The van der Waals surface area contributed by atoms with E-state index < -0.39 is 0 Å². The molecule has 0 amide bonds. The Morgan fingerprint density at radius 2 is 1.80 bits per heavy atom. The molecular formula is C20H22ClN3O. The van der Waals surface area contributed by atoms with Gasteiger partial charge in [0.2, 0.25) is 0 Å². The van der Waals surface area contributed by atoms with E-state index >= 15 is 0 Å². The van der Waals surface area contributed by atoms with Gasteiger partial charge in [-0.25, -0.2) is 4.98 Å². The lowest BCUT2D eigenvalue weighted by molar-refractivity contribution is 0.0177. The van der Waals surface area contributed by atoms with Gasteiger partial charge in [-0.3, -0.25) is 4.90 Å². The second-order valence-corrected chi connectivity index (χ2v) is 6.87. The van der Waals surface area contributed by atoms with Gasteiger partial charge >= 0.3 is 0 Å². The van der Waals surface area contributed by atoms with Crippen molar-refractivity contribution in [3.8, 4) is 0 Å². The summed E-state index contributed by atoms with van der Waals surface area (Å²) in [7, 11) is 0. The first kappa shape index (κ1) is 16.6. The molecular weight excluding hydrogens is 334 g/mol. The third-order valence-electron chi connectivity index (χ3n) is 4.94. The molecule has 0 spiro atoms. The number of para-hydroxylation sites is 2. The number of hydrogen-bond acceptors (Lipinski definition) is 3. The van der Waals surface area contributed by atoms with Crippen LogP contribution in [0.5, 0.6) is 0 Å². The van der Waals surface area contributed by atoms with Gasteiger partial charge in [-0.15, -0.1) is 0 Å². The Labute approximate surface area is 153 Å². The fraction of sp³-hybridized carbons (Fsp3) is 0.350. The van der Waals surface area contributed by atoms with Crippen molar-refractivity contribution in [2.45, 2.75) is 19.5 Å². The van der Waals surface area contributed by atoms with Gasteiger partial charge in [-0.05, 0) is 30.7 Å². The van der Waals surface area contributed by atoms with E-state index in [1.165, 1.54) is 0 Å². The molecule has 25 heavy (non-hydrogen) atoms. The lowest BCUT2D eigenvalue weighted by Gasteiger charge is -2.32. The second-order valence-electron chi connectivity index (χ2n) is 6.46. The summed E-state index contributed by atoms with van der Waals surface area (Å²) in [6.45, 7) is 6.41. The first-order valence-electron chi connectivity index (χ1n) is 8.74. The van der Waals surface area contributed by atoms with Crippen LogP contribution < -0.4 is 0 Å². The van der Waals surface area contributed by atoms with E-state index in [0.29, 0.717) is 0 Å². The van der Waals surface area contributed by atoms with E-state index in [9.17, 15) is 0 Å². The minimum absolute atomic E-state index is 0.235. The number of aromatic nitrogens is 2. The van der Waals surface area contributed by atoms with Crippen LogP contribution in [0.3, 0.4) is 0 Å². The van der Waals surface area contributed by atoms with E-state index in [-0.39, 0.29) is 6.04 Å². The average Bonchev–Trinajstić information content (AvgIpc) is 3.02. The highest BCUT2D eigenvalue weighted by molar-refractivity contribution is 6.31. The van der Waals surface area contributed by atoms with Crippen molar-refractivity contribution in [3.05, 3.63) is 64.9 Å². The van der Waals surface area contributed by atoms with Crippen LogP contribution in [0.1, 0.15) is 24.4 Å². The zero-order valence-corrected chi connectivity index (χ0v) is 15.1. The smallest absolute Gasteiger partial charge is 0.127 e. The fourth-order valence-electron chi connectivity index (χ4n) is 3.50. The van der Waals surface area contributed by atoms with E-state index in [1.807, 2.05) is 24.3 Å². The number of hydrogen-bond donors (Lipinski definition) is 0. The Bertz CT molecular complexity index is 870. The summed E-state index contributed by atoms with van der Waals surface area (Å²) in [5, 5.41) is 0.797. The minimum Gasteiger partial charge on any atom is -0.379 e. The van der Waals surface area contributed by atoms with E-state index in [0.717, 1.165) is 60.3 Å². The number of nitrogens with zero attached hydrogens (tertiary/aromatic N) is 3. The lowest BCUT2D eigenvalue weighted by Crippen LogP contribution is -2.39. The monoisotopic (exact) mass is 355 g/mol. The summed E-state index contributed by atoms with van der Waals surface area (Å²) in [6.07, 6.45) is 0. The average molecular weight is 356 g/mol. The normalized spacial score (nSPS) is 17.0. The maximum Gasteiger partial charge on any atom is 0.127 e. The molecule has 1 aliphatic rings. The van der Waals surface area contributed by atoms with Crippen LogP contribution in [-0.2, 0) is 11.3 Å². The summed E-state index contributed by atoms with van der Waals surface area (Å²) in [4.78, 5) is 7.39. The molecule has 1 fully saturated rings. The summed E-state index contributed by atoms with van der Waals surface area (Å²) < 4.78 is 7.80. The highest BCUT2D eigenvalue weighted by atomic mass is 35.5. The van der Waals surface area contributed by atoms with E-state index in [1.54, 1.807) is 0 Å². The van der Waals surface area contributed by atoms with Crippen molar-refractivity contribution < 1.29 is 4.74 Å². The molecule has 5 heteroatoms. The van der Waals surface area contributed by atoms with Crippen molar-refractivity contribution in [2.24, 2.45) is 0 Å². The zero-order chi connectivity index (χ0) is 17.2. The van der Waals surface area contributed by atoms with Gasteiger partial charge in [0.05, 0.1) is 36.8 Å². The predicted molar refractivity (Wildman–Crippen MR) is 101 cm³/mol. The maximum atomic E-state index is 6.41. The van der Waals surface area contributed by atoms with Crippen LogP contribution in [0.15, 0.2) is 48.5 Å². The summed E-state index contributed by atoms with van der Waals surface area (Å²) in [5.74, 6) is 1.09. The van der Waals surface area contributed by atoms with Gasteiger partial charge < -0.3 is 9.30 Å². The highest BCUT2D eigenvalue weighted by Crippen LogP contribution is 2.27. The number of morpholine rings is 1. The molecule has 0 N–H and O–H groups in total. The number of rotatable bonds is 4. The molecule has 0 radical (unpaired) electrons. The standard InChI is InChI=1S/C20H22ClN3O/c1-15(23-10-12-25-13-11-23)20-22-18-8-4-5-9-19(18)24(20)14-16-6-2-3-7-17(16)21/h2-9,15H,10-14H2,1H3. The van der Waals surface area contributed by atoms with Crippen LogP contribution in [0.2, 0.25) is 5.02 Å². The predicted octanol–water partition coefficient (Wildman–Crippen LogP) is 4.13. The van der Waals surface area contributed by atoms with E-state index in [4.69, 9.17) is 21.3 Å². The van der Waals surface area contributed by atoms with Crippen molar-refractivity contribution in [1.29, 1.82) is 0 Å². The molecule has 1 aliphatic heterocycles. The largest absolute Gasteiger partial charge is 0.379 e. The van der Waals surface area contributed by atoms with Crippen LogP contribution in [0.4, 0.5) is 0 Å². The topological polar surface area (TPSA) is 30.3 Å². The zero-order valence-electron chi connectivity index (χ0n) is 14.4. The summed E-state index contributed by atoms with van der Waals surface area (Å²) in [6, 6.07) is 16.6. The van der Waals surface area contributed by atoms with Gasteiger partial charge in [0.25, 0.3) is 0 Å². The molecule has 0 aliphatic carbocycles. The van der Waals surface area contributed by atoms with Gasteiger partial charge in [0.1, 0.15) is 5.82 Å². The first-order valence-corrected chi connectivity index (χ1v) is 9.12. The van der Waals surface area contributed by atoms with Gasteiger partial charge in [0.15, 0.2) is 0 Å². The van der Waals surface area contributed by atoms with Crippen molar-refractivity contribution in [3.63, 3.8) is 0 Å². The Kier molecular flexibility index (Phi) is 4.75. The van der Waals surface area contributed by atoms with Crippen molar-refractivity contribution >= 4 is 22.6 Å². The number of fused-ring (bicyclic) bond motifs is 1. The molecule has 1 atom stereocenters. The van der Waals surface area contributed by atoms with Gasteiger partial charge in [-0.1, -0.05) is 41.9 Å². The Morgan fingerprint density at radius 3 is 2.60 bits per heavy atom. The molecule has 2 aromatic carbocycles. The summed E-state index contributed by atoms with van der Waals surface area (Å²) >= 11 is 6.41.